The topological polar surface area (TPSA) is 0 Å². The summed E-state index contributed by atoms with van der Waals surface area (Å²) in [6, 6.07) is 19.9. The predicted molar refractivity (Wildman–Crippen MR) is 76.9 cm³/mol. The van der Waals surface area contributed by atoms with Crippen LogP contribution in [-0.2, 0) is 5.41 Å². The smallest absolute Gasteiger partial charge is 0.0208 e. The zero-order valence-electron chi connectivity index (χ0n) is 11.4. The monoisotopic (exact) mass is 236 g/mol. The van der Waals surface area contributed by atoms with Gasteiger partial charge in [0.05, 0.1) is 0 Å². The second-order valence-electron chi connectivity index (χ2n) is 5.73. The molecule has 3 rings (SSSR count). The molecule has 0 unspecified atom stereocenters. The second-order valence-corrected chi connectivity index (χ2v) is 5.73. The summed E-state index contributed by atoms with van der Waals surface area (Å²) in [6.07, 6.45) is 0. The first-order valence-electron chi connectivity index (χ1n) is 6.80. The van der Waals surface area contributed by atoms with Gasteiger partial charge < -0.3 is 0 Å². The molecule has 0 heteroatoms. The van der Waals surface area contributed by atoms with Crippen LogP contribution >= 0.6 is 0 Å². The van der Waals surface area contributed by atoms with Crippen LogP contribution in [0.4, 0.5) is 0 Å². The van der Waals surface area contributed by atoms with Gasteiger partial charge in [-0.25, -0.2) is 0 Å². The fourth-order valence-electron chi connectivity index (χ4n) is 3.58. The molecule has 1 aliphatic rings. The molecule has 0 nitrogen and oxygen atoms in total. The van der Waals surface area contributed by atoms with Crippen molar-refractivity contribution in [3.8, 4) is 0 Å². The van der Waals surface area contributed by atoms with E-state index >= 15 is 0 Å². The maximum atomic E-state index is 2.40. The quantitative estimate of drug-likeness (QED) is 0.670. The van der Waals surface area contributed by atoms with E-state index in [0.29, 0.717) is 11.8 Å². The summed E-state index contributed by atoms with van der Waals surface area (Å²) in [5, 5.41) is 0. The van der Waals surface area contributed by atoms with Gasteiger partial charge in [0.25, 0.3) is 0 Å². The van der Waals surface area contributed by atoms with Crippen molar-refractivity contribution in [3.63, 3.8) is 0 Å². The summed E-state index contributed by atoms with van der Waals surface area (Å²) in [5.74, 6) is 1.27. The van der Waals surface area contributed by atoms with E-state index in [0.717, 1.165) is 0 Å². The molecule has 0 spiro atoms. The molecule has 1 aliphatic carbocycles. The van der Waals surface area contributed by atoms with E-state index < -0.39 is 0 Å². The Hall–Kier alpha value is -1.56. The van der Waals surface area contributed by atoms with Gasteiger partial charge in [-0.15, -0.1) is 0 Å². The Bertz CT molecular complexity index is 555. The van der Waals surface area contributed by atoms with Gasteiger partial charge in [-0.1, -0.05) is 75.4 Å². The zero-order valence-corrected chi connectivity index (χ0v) is 11.4. The summed E-state index contributed by atoms with van der Waals surface area (Å²) in [7, 11) is 0. The highest BCUT2D eigenvalue weighted by atomic mass is 14.5. The van der Waals surface area contributed by atoms with Gasteiger partial charge in [-0.3, -0.25) is 0 Å². The predicted octanol–water partition coefficient (Wildman–Crippen LogP) is 4.75. The van der Waals surface area contributed by atoms with Crippen LogP contribution in [0, 0.1) is 5.92 Å². The Morgan fingerprint density at radius 1 is 0.833 bits per heavy atom. The summed E-state index contributed by atoms with van der Waals surface area (Å²) < 4.78 is 0. The number of benzene rings is 2. The maximum Gasteiger partial charge on any atom is 0.0208 e. The molecule has 0 aromatic heterocycles. The minimum absolute atomic E-state index is 0.150. The largest absolute Gasteiger partial charge is 0.0622 e. The van der Waals surface area contributed by atoms with Crippen molar-refractivity contribution in [1.82, 2.24) is 0 Å². The Morgan fingerprint density at radius 2 is 1.44 bits per heavy atom. The summed E-state index contributed by atoms with van der Waals surface area (Å²) in [5.41, 5.74) is 4.62. The van der Waals surface area contributed by atoms with E-state index in [4.69, 9.17) is 0 Å². The SMILES string of the molecule is C[C@@H]1c2ccccc2[C@](C)(c2ccccc2)[C@H]1C. The molecule has 0 amide bonds. The molecule has 0 heterocycles. The summed E-state index contributed by atoms with van der Waals surface area (Å²) >= 11 is 0. The molecular formula is C18H20. The van der Waals surface area contributed by atoms with Crippen LogP contribution in [-0.4, -0.2) is 0 Å². The van der Waals surface area contributed by atoms with Crippen molar-refractivity contribution in [2.45, 2.75) is 32.1 Å². The molecule has 3 atom stereocenters. The van der Waals surface area contributed by atoms with Crippen LogP contribution in [0.2, 0.25) is 0 Å². The highest BCUT2D eigenvalue weighted by Crippen LogP contribution is 2.53. The molecule has 0 aliphatic heterocycles. The van der Waals surface area contributed by atoms with E-state index in [-0.39, 0.29) is 5.41 Å². The fraction of sp³-hybridized carbons (Fsp3) is 0.333. The standard InChI is InChI=1S/C18H20/c1-13-14(2)18(3,15-9-5-4-6-10-15)17-12-8-7-11-16(13)17/h4-14H,1-3H3/t13-,14-,18-/m0/s1. The van der Waals surface area contributed by atoms with Gasteiger partial charge in [0.15, 0.2) is 0 Å². The molecule has 0 radical (unpaired) electrons. The molecule has 0 N–H and O–H groups in total. The average molecular weight is 236 g/mol. The molecule has 0 saturated heterocycles. The van der Waals surface area contributed by atoms with Crippen LogP contribution in [0.5, 0.6) is 0 Å². The van der Waals surface area contributed by atoms with Crippen molar-refractivity contribution < 1.29 is 0 Å². The van der Waals surface area contributed by atoms with Gasteiger partial charge in [0.2, 0.25) is 0 Å². The van der Waals surface area contributed by atoms with Crippen LogP contribution < -0.4 is 0 Å². The fourth-order valence-corrected chi connectivity index (χ4v) is 3.58. The number of hydrogen-bond acceptors (Lipinski definition) is 0. The number of hydrogen-bond donors (Lipinski definition) is 0. The summed E-state index contributed by atoms with van der Waals surface area (Å²) in [6.45, 7) is 7.14. The lowest BCUT2D eigenvalue weighted by atomic mass is 9.70. The Morgan fingerprint density at radius 3 is 2.17 bits per heavy atom. The lowest BCUT2D eigenvalue weighted by Gasteiger charge is -2.32. The third-order valence-corrected chi connectivity index (χ3v) is 5.05. The first kappa shape index (κ1) is 11.5. The van der Waals surface area contributed by atoms with E-state index in [1.807, 2.05) is 0 Å². The van der Waals surface area contributed by atoms with Crippen LogP contribution in [0.25, 0.3) is 0 Å². The number of fused-ring (bicyclic) bond motifs is 1. The third kappa shape index (κ3) is 1.38. The maximum absolute atomic E-state index is 2.40. The van der Waals surface area contributed by atoms with Gasteiger partial charge in [0, 0.05) is 5.41 Å². The van der Waals surface area contributed by atoms with Crippen LogP contribution in [0.3, 0.4) is 0 Å². The third-order valence-electron chi connectivity index (χ3n) is 5.05. The lowest BCUT2D eigenvalue weighted by Crippen LogP contribution is -2.28. The van der Waals surface area contributed by atoms with E-state index in [2.05, 4.69) is 75.4 Å². The molecule has 0 fully saturated rings. The van der Waals surface area contributed by atoms with Crippen molar-refractivity contribution in [1.29, 1.82) is 0 Å². The molecule has 18 heavy (non-hydrogen) atoms. The van der Waals surface area contributed by atoms with Crippen LogP contribution in [0.15, 0.2) is 54.6 Å². The molecule has 2 aromatic carbocycles. The first-order valence-corrected chi connectivity index (χ1v) is 6.80. The Balaban J connectivity index is 2.24. The Kier molecular flexibility index (Phi) is 2.55. The number of rotatable bonds is 1. The highest BCUT2D eigenvalue weighted by molar-refractivity contribution is 5.50. The highest BCUT2D eigenvalue weighted by Gasteiger charge is 2.45. The minimum Gasteiger partial charge on any atom is -0.0622 e. The first-order chi connectivity index (χ1) is 8.65. The average Bonchev–Trinajstić information content (AvgIpc) is 2.64. The van der Waals surface area contributed by atoms with E-state index in [1.165, 1.54) is 16.7 Å². The van der Waals surface area contributed by atoms with Gasteiger partial charge >= 0.3 is 0 Å². The summed E-state index contributed by atoms with van der Waals surface area (Å²) in [4.78, 5) is 0. The second kappa shape index (κ2) is 3.98. The van der Waals surface area contributed by atoms with E-state index in [1.54, 1.807) is 0 Å². The van der Waals surface area contributed by atoms with Crippen molar-refractivity contribution in [2.24, 2.45) is 5.92 Å². The van der Waals surface area contributed by atoms with Crippen LogP contribution in [0.1, 0.15) is 43.4 Å². The molecule has 2 aromatic rings. The Labute approximate surface area is 110 Å². The normalized spacial score (nSPS) is 30.2. The van der Waals surface area contributed by atoms with Crippen molar-refractivity contribution in [2.75, 3.05) is 0 Å². The molecule has 92 valence electrons. The van der Waals surface area contributed by atoms with Crippen molar-refractivity contribution >= 4 is 0 Å². The van der Waals surface area contributed by atoms with Gasteiger partial charge in [-0.2, -0.15) is 0 Å². The zero-order chi connectivity index (χ0) is 12.8. The van der Waals surface area contributed by atoms with Crippen molar-refractivity contribution in [3.05, 3.63) is 71.3 Å². The van der Waals surface area contributed by atoms with Gasteiger partial charge in [0.1, 0.15) is 0 Å². The van der Waals surface area contributed by atoms with Gasteiger partial charge in [-0.05, 0) is 28.5 Å². The molecule has 0 bridgehead atoms. The molecular weight excluding hydrogens is 216 g/mol. The lowest BCUT2D eigenvalue weighted by molar-refractivity contribution is 0.369. The van der Waals surface area contributed by atoms with E-state index in [9.17, 15) is 0 Å². The molecule has 0 saturated carbocycles. The minimum atomic E-state index is 0.150.